The van der Waals surface area contributed by atoms with E-state index in [2.05, 4.69) is 28.2 Å². The zero-order valence-corrected chi connectivity index (χ0v) is 16.6. The SMILES string of the molecule is C=C(C)c1cccc(C(C)(C)NC(=O)N2CCC(c3nnc(C)o3)CC2)c1. The molecule has 0 unspecified atom stereocenters. The second-order valence-electron chi connectivity index (χ2n) is 7.84. The number of amides is 2. The fourth-order valence-corrected chi connectivity index (χ4v) is 3.40. The lowest BCUT2D eigenvalue weighted by molar-refractivity contribution is 0.167. The van der Waals surface area contributed by atoms with Crippen LogP contribution in [0.15, 0.2) is 35.3 Å². The van der Waals surface area contributed by atoms with Gasteiger partial charge in [-0.1, -0.05) is 30.4 Å². The number of piperidine rings is 1. The van der Waals surface area contributed by atoms with Crippen molar-refractivity contribution < 1.29 is 9.21 Å². The number of hydrogen-bond donors (Lipinski definition) is 1. The zero-order chi connectivity index (χ0) is 19.6. The average molecular weight is 368 g/mol. The van der Waals surface area contributed by atoms with E-state index in [-0.39, 0.29) is 11.9 Å². The Morgan fingerprint density at radius 1 is 1.30 bits per heavy atom. The zero-order valence-electron chi connectivity index (χ0n) is 16.6. The van der Waals surface area contributed by atoms with Gasteiger partial charge >= 0.3 is 6.03 Å². The maximum Gasteiger partial charge on any atom is 0.318 e. The number of nitrogens with zero attached hydrogens (tertiary/aromatic N) is 3. The third kappa shape index (κ3) is 4.38. The van der Waals surface area contributed by atoms with Crippen LogP contribution in [0.2, 0.25) is 0 Å². The van der Waals surface area contributed by atoms with Crippen LogP contribution in [-0.4, -0.2) is 34.2 Å². The Hall–Kier alpha value is -2.63. The van der Waals surface area contributed by atoms with E-state index in [1.165, 1.54) is 0 Å². The van der Waals surface area contributed by atoms with Gasteiger partial charge in [-0.15, -0.1) is 10.2 Å². The molecule has 6 nitrogen and oxygen atoms in total. The fraction of sp³-hybridized carbons (Fsp3) is 0.476. The highest BCUT2D eigenvalue weighted by Gasteiger charge is 2.30. The van der Waals surface area contributed by atoms with Gasteiger partial charge in [-0.3, -0.25) is 0 Å². The summed E-state index contributed by atoms with van der Waals surface area (Å²) in [5.74, 6) is 1.50. The van der Waals surface area contributed by atoms with E-state index < -0.39 is 5.54 Å². The summed E-state index contributed by atoms with van der Waals surface area (Å²) in [7, 11) is 0. The van der Waals surface area contributed by atoms with Crippen molar-refractivity contribution >= 4 is 11.6 Å². The molecule has 1 aliphatic heterocycles. The van der Waals surface area contributed by atoms with Crippen molar-refractivity contribution in [3.05, 3.63) is 53.8 Å². The van der Waals surface area contributed by atoms with Crippen LogP contribution in [0.4, 0.5) is 4.79 Å². The summed E-state index contributed by atoms with van der Waals surface area (Å²) in [5.41, 5.74) is 2.69. The Morgan fingerprint density at radius 3 is 2.59 bits per heavy atom. The van der Waals surface area contributed by atoms with Crippen LogP contribution in [0, 0.1) is 6.92 Å². The number of benzene rings is 1. The van der Waals surface area contributed by atoms with Gasteiger partial charge in [-0.2, -0.15) is 0 Å². The van der Waals surface area contributed by atoms with Crippen molar-refractivity contribution in [3.8, 4) is 0 Å². The molecule has 0 saturated carbocycles. The molecule has 3 rings (SSSR count). The van der Waals surface area contributed by atoms with E-state index in [1.807, 2.05) is 43.9 Å². The third-order valence-corrected chi connectivity index (χ3v) is 5.17. The van der Waals surface area contributed by atoms with Gasteiger partial charge in [0.15, 0.2) is 0 Å². The molecule has 1 saturated heterocycles. The number of aromatic nitrogens is 2. The molecule has 1 fully saturated rings. The summed E-state index contributed by atoms with van der Waals surface area (Å²) in [5, 5.41) is 11.2. The van der Waals surface area contributed by atoms with Crippen LogP contribution in [0.5, 0.6) is 0 Å². The van der Waals surface area contributed by atoms with E-state index in [1.54, 1.807) is 6.92 Å². The topological polar surface area (TPSA) is 71.3 Å². The van der Waals surface area contributed by atoms with Gasteiger partial charge in [0, 0.05) is 25.9 Å². The minimum atomic E-state index is -0.469. The standard InChI is InChI=1S/C21H28N4O2/c1-14(2)17-7-6-8-18(13-17)21(4,5)22-20(26)25-11-9-16(10-12-25)19-24-23-15(3)27-19/h6-8,13,16H,1,9-12H2,2-5H3,(H,22,26). The summed E-state index contributed by atoms with van der Waals surface area (Å²) in [6, 6.07) is 8.13. The van der Waals surface area contributed by atoms with Crippen LogP contribution in [-0.2, 0) is 5.54 Å². The number of aryl methyl sites for hydroxylation is 1. The Bertz CT molecular complexity index is 832. The van der Waals surface area contributed by atoms with Crippen molar-refractivity contribution in [1.29, 1.82) is 0 Å². The molecule has 0 atom stereocenters. The number of likely N-dealkylation sites (tertiary alicyclic amines) is 1. The predicted molar refractivity (Wildman–Crippen MR) is 105 cm³/mol. The Kier molecular flexibility index (Phi) is 5.35. The smallest absolute Gasteiger partial charge is 0.318 e. The van der Waals surface area contributed by atoms with Crippen LogP contribution < -0.4 is 5.32 Å². The van der Waals surface area contributed by atoms with E-state index in [9.17, 15) is 4.79 Å². The minimum absolute atomic E-state index is 0.0408. The molecule has 2 amide bonds. The van der Waals surface area contributed by atoms with Gasteiger partial charge < -0.3 is 14.6 Å². The highest BCUT2D eigenvalue weighted by Crippen LogP contribution is 2.28. The summed E-state index contributed by atoms with van der Waals surface area (Å²) in [6.07, 6.45) is 1.67. The minimum Gasteiger partial charge on any atom is -0.425 e. The predicted octanol–water partition coefficient (Wildman–Crippen LogP) is 4.24. The van der Waals surface area contributed by atoms with Crippen molar-refractivity contribution in [2.45, 2.75) is 52.0 Å². The number of allylic oxidation sites excluding steroid dienone is 1. The summed E-state index contributed by atoms with van der Waals surface area (Å²) in [6.45, 7) is 13.2. The van der Waals surface area contributed by atoms with E-state index in [4.69, 9.17) is 4.42 Å². The Labute approximate surface area is 160 Å². The largest absolute Gasteiger partial charge is 0.425 e. The first-order valence-corrected chi connectivity index (χ1v) is 9.40. The number of rotatable bonds is 4. The molecule has 0 radical (unpaired) electrons. The second-order valence-corrected chi connectivity index (χ2v) is 7.84. The van der Waals surface area contributed by atoms with Gasteiger partial charge in [0.1, 0.15) is 0 Å². The fourth-order valence-electron chi connectivity index (χ4n) is 3.40. The van der Waals surface area contributed by atoms with E-state index in [0.717, 1.165) is 29.5 Å². The molecule has 1 N–H and O–H groups in total. The lowest BCUT2D eigenvalue weighted by atomic mass is 9.91. The first-order valence-electron chi connectivity index (χ1n) is 9.40. The van der Waals surface area contributed by atoms with Gasteiger partial charge in [0.05, 0.1) is 5.54 Å². The molecule has 1 aromatic carbocycles. The summed E-state index contributed by atoms with van der Waals surface area (Å²) in [4.78, 5) is 14.7. The number of urea groups is 1. The van der Waals surface area contributed by atoms with Crippen LogP contribution in [0.1, 0.15) is 62.4 Å². The second kappa shape index (κ2) is 7.55. The monoisotopic (exact) mass is 368 g/mol. The van der Waals surface area contributed by atoms with Crippen molar-refractivity contribution in [1.82, 2.24) is 20.4 Å². The maximum absolute atomic E-state index is 12.8. The molecule has 1 aliphatic rings. The molecule has 2 aromatic rings. The molecule has 6 heteroatoms. The molecule has 27 heavy (non-hydrogen) atoms. The molecule has 2 heterocycles. The highest BCUT2D eigenvalue weighted by molar-refractivity contribution is 5.75. The van der Waals surface area contributed by atoms with Crippen LogP contribution in [0.3, 0.4) is 0 Å². The third-order valence-electron chi connectivity index (χ3n) is 5.17. The molecular formula is C21H28N4O2. The van der Waals surface area contributed by atoms with Crippen molar-refractivity contribution in [2.75, 3.05) is 13.1 Å². The van der Waals surface area contributed by atoms with Crippen molar-refractivity contribution in [2.24, 2.45) is 0 Å². The van der Waals surface area contributed by atoms with E-state index in [0.29, 0.717) is 24.9 Å². The molecular weight excluding hydrogens is 340 g/mol. The lowest BCUT2D eigenvalue weighted by Gasteiger charge is -2.35. The number of carbonyl (C=O) groups excluding carboxylic acids is 1. The Morgan fingerprint density at radius 2 is 2.00 bits per heavy atom. The quantitative estimate of drug-likeness (QED) is 0.876. The maximum atomic E-state index is 12.8. The first kappa shape index (κ1) is 19.1. The number of carbonyl (C=O) groups is 1. The van der Waals surface area contributed by atoms with Gasteiger partial charge in [-0.25, -0.2) is 4.79 Å². The normalized spacial score (nSPS) is 15.6. The van der Waals surface area contributed by atoms with Crippen LogP contribution in [0.25, 0.3) is 5.57 Å². The van der Waals surface area contributed by atoms with Gasteiger partial charge in [0.2, 0.25) is 11.8 Å². The molecule has 144 valence electrons. The number of nitrogens with one attached hydrogen (secondary N) is 1. The Balaban J connectivity index is 1.61. The summed E-state index contributed by atoms with van der Waals surface area (Å²) >= 11 is 0. The molecule has 0 bridgehead atoms. The highest BCUT2D eigenvalue weighted by atomic mass is 16.4. The van der Waals surface area contributed by atoms with Crippen LogP contribution >= 0.6 is 0 Å². The van der Waals surface area contributed by atoms with Crippen molar-refractivity contribution in [3.63, 3.8) is 0 Å². The lowest BCUT2D eigenvalue weighted by Crippen LogP contribution is -2.50. The summed E-state index contributed by atoms with van der Waals surface area (Å²) < 4.78 is 5.54. The van der Waals surface area contributed by atoms with E-state index >= 15 is 0 Å². The van der Waals surface area contributed by atoms with Gasteiger partial charge in [0.25, 0.3) is 0 Å². The van der Waals surface area contributed by atoms with Gasteiger partial charge in [-0.05, 0) is 50.8 Å². The molecule has 0 spiro atoms. The first-order chi connectivity index (χ1) is 12.8. The number of hydrogen-bond acceptors (Lipinski definition) is 4. The average Bonchev–Trinajstić information content (AvgIpc) is 3.08. The molecule has 1 aromatic heterocycles. The molecule has 0 aliphatic carbocycles.